The Balaban J connectivity index is 2.69. The van der Waals surface area contributed by atoms with Gasteiger partial charge in [-0.1, -0.05) is 0 Å². The third-order valence-electron chi connectivity index (χ3n) is 1.39. The van der Waals surface area contributed by atoms with E-state index >= 15 is 0 Å². The molecule has 3 heteroatoms. The molecule has 0 saturated carbocycles. The standard InChI is InChI=1S/C8H18O2Se/c9-5-1-3-7-11-8-4-2-6-10/h9-10H,1-8H2. The molecule has 0 saturated heterocycles. The van der Waals surface area contributed by atoms with Crippen molar-refractivity contribution in [1.82, 2.24) is 0 Å². The molecule has 0 aliphatic rings. The van der Waals surface area contributed by atoms with E-state index in [-0.39, 0.29) is 0 Å². The quantitative estimate of drug-likeness (QED) is 0.479. The molecule has 0 spiro atoms. The van der Waals surface area contributed by atoms with Gasteiger partial charge in [0.05, 0.1) is 0 Å². The van der Waals surface area contributed by atoms with Gasteiger partial charge in [0.1, 0.15) is 0 Å². The number of hydrogen-bond donors (Lipinski definition) is 2. The second-order valence-corrected chi connectivity index (χ2v) is 5.04. The molecule has 11 heavy (non-hydrogen) atoms. The first-order valence-electron chi connectivity index (χ1n) is 4.21. The van der Waals surface area contributed by atoms with Crippen LogP contribution < -0.4 is 0 Å². The average Bonchev–Trinajstić information content (AvgIpc) is 2.03. The topological polar surface area (TPSA) is 40.5 Å². The Bertz CT molecular complexity index is 61.1. The summed E-state index contributed by atoms with van der Waals surface area (Å²) in [6, 6.07) is 0. The number of unbranched alkanes of at least 4 members (excludes halogenated alkanes) is 2. The van der Waals surface area contributed by atoms with Gasteiger partial charge in [0.2, 0.25) is 0 Å². The first kappa shape index (κ1) is 11.4. The van der Waals surface area contributed by atoms with E-state index in [2.05, 4.69) is 0 Å². The van der Waals surface area contributed by atoms with Crippen LogP contribution in [0.4, 0.5) is 0 Å². The van der Waals surface area contributed by atoms with E-state index in [4.69, 9.17) is 10.2 Å². The van der Waals surface area contributed by atoms with Crippen LogP contribution in [0, 0.1) is 0 Å². The van der Waals surface area contributed by atoms with Crippen LogP contribution in [-0.4, -0.2) is 38.4 Å². The van der Waals surface area contributed by atoms with Crippen LogP contribution in [0.15, 0.2) is 0 Å². The predicted molar refractivity (Wildman–Crippen MR) is 48.0 cm³/mol. The average molecular weight is 225 g/mol. The molecule has 68 valence electrons. The maximum atomic E-state index is 8.48. The van der Waals surface area contributed by atoms with Gasteiger partial charge >= 0.3 is 74.7 Å². The zero-order valence-corrected chi connectivity index (χ0v) is 8.67. The number of hydrogen-bond acceptors (Lipinski definition) is 2. The summed E-state index contributed by atoms with van der Waals surface area (Å²) in [7, 11) is 0. The maximum absolute atomic E-state index is 8.48. The van der Waals surface area contributed by atoms with E-state index in [0.717, 1.165) is 27.8 Å². The molecular weight excluding hydrogens is 207 g/mol. The van der Waals surface area contributed by atoms with E-state index in [1.165, 1.54) is 23.5 Å². The Morgan fingerprint density at radius 2 is 1.18 bits per heavy atom. The van der Waals surface area contributed by atoms with Gasteiger partial charge < -0.3 is 0 Å². The second kappa shape index (κ2) is 10.4. The Kier molecular flexibility index (Phi) is 10.9. The number of rotatable bonds is 8. The van der Waals surface area contributed by atoms with Crippen molar-refractivity contribution in [3.63, 3.8) is 0 Å². The van der Waals surface area contributed by atoms with E-state index in [1.54, 1.807) is 0 Å². The zero-order valence-electron chi connectivity index (χ0n) is 6.96. The Labute approximate surface area is 75.2 Å². The van der Waals surface area contributed by atoms with Gasteiger partial charge in [-0.3, -0.25) is 0 Å². The summed E-state index contributed by atoms with van der Waals surface area (Å²) in [4.78, 5) is 0. The Morgan fingerprint density at radius 1 is 0.727 bits per heavy atom. The van der Waals surface area contributed by atoms with Crippen molar-refractivity contribution in [2.45, 2.75) is 36.3 Å². The molecule has 2 nitrogen and oxygen atoms in total. The molecule has 0 rings (SSSR count). The van der Waals surface area contributed by atoms with Crippen molar-refractivity contribution < 1.29 is 10.2 Å². The first-order valence-corrected chi connectivity index (χ1v) is 6.63. The fourth-order valence-electron chi connectivity index (χ4n) is 0.734. The zero-order chi connectivity index (χ0) is 8.36. The fourth-order valence-corrected chi connectivity index (χ4v) is 2.88. The summed E-state index contributed by atoms with van der Waals surface area (Å²) in [5.41, 5.74) is 0. The van der Waals surface area contributed by atoms with Gasteiger partial charge in [0.15, 0.2) is 0 Å². The summed E-state index contributed by atoms with van der Waals surface area (Å²) >= 11 is 0.754. The van der Waals surface area contributed by atoms with Crippen molar-refractivity contribution in [3.8, 4) is 0 Å². The second-order valence-electron chi connectivity index (χ2n) is 2.47. The molecule has 0 amide bonds. The summed E-state index contributed by atoms with van der Waals surface area (Å²) in [5.74, 6) is 0. The van der Waals surface area contributed by atoms with Crippen molar-refractivity contribution in [3.05, 3.63) is 0 Å². The van der Waals surface area contributed by atoms with Gasteiger partial charge in [-0.05, 0) is 0 Å². The molecule has 0 atom stereocenters. The van der Waals surface area contributed by atoms with Gasteiger partial charge in [0, 0.05) is 0 Å². The number of aliphatic hydroxyl groups excluding tert-OH is 2. The SMILES string of the molecule is OCCCC[Se]CCCCO. The molecule has 0 aromatic carbocycles. The molecular formula is C8H18O2Se. The minimum absolute atomic E-state index is 0.340. The third kappa shape index (κ3) is 10.4. The molecule has 0 aromatic rings. The molecule has 2 N–H and O–H groups in total. The molecule has 0 aliphatic heterocycles. The predicted octanol–water partition coefficient (Wildman–Crippen LogP) is 1.07. The van der Waals surface area contributed by atoms with Gasteiger partial charge in [0.25, 0.3) is 0 Å². The van der Waals surface area contributed by atoms with E-state index in [9.17, 15) is 0 Å². The van der Waals surface area contributed by atoms with Gasteiger partial charge in [-0.15, -0.1) is 0 Å². The van der Waals surface area contributed by atoms with Crippen LogP contribution in [0.2, 0.25) is 10.6 Å². The summed E-state index contributed by atoms with van der Waals surface area (Å²) in [6.07, 6.45) is 4.27. The summed E-state index contributed by atoms with van der Waals surface area (Å²) in [5, 5.41) is 19.5. The van der Waals surface area contributed by atoms with Crippen LogP contribution in [0.1, 0.15) is 25.7 Å². The monoisotopic (exact) mass is 226 g/mol. The van der Waals surface area contributed by atoms with Crippen molar-refractivity contribution in [2.75, 3.05) is 13.2 Å². The summed E-state index contributed by atoms with van der Waals surface area (Å²) < 4.78 is 0. The van der Waals surface area contributed by atoms with Crippen LogP contribution in [0.25, 0.3) is 0 Å². The molecule has 0 aliphatic carbocycles. The normalized spacial score (nSPS) is 10.4. The van der Waals surface area contributed by atoms with Crippen molar-refractivity contribution in [1.29, 1.82) is 0 Å². The molecule has 0 fully saturated rings. The molecule has 0 heterocycles. The first-order chi connectivity index (χ1) is 5.41. The van der Waals surface area contributed by atoms with Crippen LogP contribution in [0.5, 0.6) is 0 Å². The third-order valence-corrected chi connectivity index (χ3v) is 3.82. The van der Waals surface area contributed by atoms with E-state index in [1.807, 2.05) is 0 Å². The Hall–Kier alpha value is 0.439. The van der Waals surface area contributed by atoms with Gasteiger partial charge in [-0.2, -0.15) is 0 Å². The van der Waals surface area contributed by atoms with E-state index < -0.39 is 0 Å². The Morgan fingerprint density at radius 3 is 1.55 bits per heavy atom. The summed E-state index contributed by atoms with van der Waals surface area (Å²) in [6.45, 7) is 0.680. The number of aliphatic hydroxyl groups is 2. The van der Waals surface area contributed by atoms with Crippen LogP contribution in [0.3, 0.4) is 0 Å². The van der Waals surface area contributed by atoms with Crippen molar-refractivity contribution in [2.24, 2.45) is 0 Å². The fraction of sp³-hybridized carbons (Fsp3) is 1.00. The minimum atomic E-state index is 0.340. The molecule has 0 radical (unpaired) electrons. The molecule has 0 bridgehead atoms. The van der Waals surface area contributed by atoms with Crippen molar-refractivity contribution >= 4 is 15.0 Å². The van der Waals surface area contributed by atoms with Crippen LogP contribution in [-0.2, 0) is 0 Å². The van der Waals surface area contributed by atoms with Gasteiger partial charge in [-0.25, -0.2) is 0 Å². The molecule has 0 aromatic heterocycles. The molecule has 0 unspecified atom stereocenters. The van der Waals surface area contributed by atoms with E-state index in [0.29, 0.717) is 13.2 Å². The van der Waals surface area contributed by atoms with Crippen LogP contribution >= 0.6 is 0 Å².